The summed E-state index contributed by atoms with van der Waals surface area (Å²) in [4.78, 5) is 1.40. The Kier molecular flexibility index (Phi) is 4.69. The van der Waals surface area contributed by atoms with Crippen molar-refractivity contribution < 1.29 is 0 Å². The molecule has 1 atom stereocenters. The highest BCUT2D eigenvalue weighted by atomic mass is 35.5. The van der Waals surface area contributed by atoms with E-state index in [1.807, 2.05) is 17.8 Å². The molecule has 4 heteroatoms. The van der Waals surface area contributed by atoms with Gasteiger partial charge in [-0.2, -0.15) is 0 Å². The fraction of sp³-hybridized carbons (Fsp3) is 0.600. The van der Waals surface area contributed by atoms with Crippen LogP contribution in [0.2, 0.25) is 5.02 Å². The van der Waals surface area contributed by atoms with Crippen molar-refractivity contribution >= 4 is 23.4 Å². The Hall–Kier alpha value is -0.220. The number of fused-ring (bicyclic) bond motifs is 1. The summed E-state index contributed by atoms with van der Waals surface area (Å²) in [7, 11) is 0. The van der Waals surface area contributed by atoms with Crippen molar-refractivity contribution in [2.45, 2.75) is 30.2 Å². The highest BCUT2D eigenvalue weighted by molar-refractivity contribution is 7.99. The zero-order chi connectivity index (χ0) is 13.1. The highest BCUT2D eigenvalue weighted by Crippen LogP contribution is 2.37. The molecule has 0 amide bonds. The Morgan fingerprint density at radius 1 is 1.26 bits per heavy atom. The van der Waals surface area contributed by atoms with Crippen LogP contribution < -0.4 is 10.6 Å². The lowest BCUT2D eigenvalue weighted by Crippen LogP contribution is -2.35. The van der Waals surface area contributed by atoms with Gasteiger partial charge in [0.25, 0.3) is 0 Å². The van der Waals surface area contributed by atoms with Crippen molar-refractivity contribution in [3.63, 3.8) is 0 Å². The first kappa shape index (κ1) is 13.7. The molecular formula is C15H21ClN2S. The molecule has 0 saturated carbocycles. The van der Waals surface area contributed by atoms with E-state index in [0.29, 0.717) is 6.04 Å². The molecule has 1 unspecified atom stereocenters. The summed E-state index contributed by atoms with van der Waals surface area (Å²) in [6.45, 7) is 3.49. The number of hydrogen-bond acceptors (Lipinski definition) is 3. The standard InChI is InChI=1S/C15H21ClN2S/c16-12-1-2-15-13(9-12)14(5-8-19-15)18-10-11-3-6-17-7-4-11/h1-2,9,11,14,17-18H,3-8,10H2. The van der Waals surface area contributed by atoms with Crippen molar-refractivity contribution in [2.24, 2.45) is 5.92 Å². The fourth-order valence-electron chi connectivity index (χ4n) is 2.97. The second-order valence-electron chi connectivity index (χ2n) is 5.47. The number of benzene rings is 1. The van der Waals surface area contributed by atoms with E-state index in [1.165, 1.54) is 48.6 Å². The van der Waals surface area contributed by atoms with Crippen LogP contribution in [-0.2, 0) is 0 Å². The molecule has 19 heavy (non-hydrogen) atoms. The van der Waals surface area contributed by atoms with Crippen molar-refractivity contribution in [3.05, 3.63) is 28.8 Å². The number of nitrogens with one attached hydrogen (secondary N) is 2. The summed E-state index contributed by atoms with van der Waals surface area (Å²) in [6, 6.07) is 6.80. The minimum atomic E-state index is 0.491. The third-order valence-electron chi connectivity index (χ3n) is 4.12. The topological polar surface area (TPSA) is 24.1 Å². The summed E-state index contributed by atoms with van der Waals surface area (Å²) in [6.07, 6.45) is 3.82. The van der Waals surface area contributed by atoms with Gasteiger partial charge in [0.2, 0.25) is 0 Å². The van der Waals surface area contributed by atoms with Gasteiger partial charge in [0.15, 0.2) is 0 Å². The van der Waals surface area contributed by atoms with Crippen molar-refractivity contribution in [1.82, 2.24) is 10.6 Å². The lowest BCUT2D eigenvalue weighted by atomic mass is 9.96. The quantitative estimate of drug-likeness (QED) is 0.893. The monoisotopic (exact) mass is 296 g/mol. The van der Waals surface area contributed by atoms with Gasteiger partial charge in [0, 0.05) is 16.0 Å². The van der Waals surface area contributed by atoms with E-state index in [0.717, 1.165) is 17.5 Å². The van der Waals surface area contributed by atoms with Gasteiger partial charge in [-0.15, -0.1) is 11.8 Å². The van der Waals surface area contributed by atoms with Crippen molar-refractivity contribution in [2.75, 3.05) is 25.4 Å². The molecule has 0 radical (unpaired) electrons. The van der Waals surface area contributed by atoms with Gasteiger partial charge in [-0.3, -0.25) is 0 Å². The van der Waals surface area contributed by atoms with Crippen LogP contribution in [0.15, 0.2) is 23.1 Å². The normalized spacial score (nSPS) is 24.2. The molecule has 2 aliphatic heterocycles. The van der Waals surface area contributed by atoms with E-state index in [4.69, 9.17) is 11.6 Å². The van der Waals surface area contributed by atoms with Gasteiger partial charge in [0.1, 0.15) is 0 Å². The molecule has 0 bridgehead atoms. The van der Waals surface area contributed by atoms with Crippen molar-refractivity contribution in [1.29, 1.82) is 0 Å². The summed E-state index contributed by atoms with van der Waals surface area (Å²) in [5.41, 5.74) is 1.40. The molecule has 1 saturated heterocycles. The maximum Gasteiger partial charge on any atom is 0.0410 e. The zero-order valence-corrected chi connectivity index (χ0v) is 12.7. The molecule has 2 heterocycles. The first-order valence-corrected chi connectivity index (χ1v) is 8.55. The molecule has 104 valence electrons. The largest absolute Gasteiger partial charge is 0.317 e. The van der Waals surface area contributed by atoms with Crippen LogP contribution in [0, 0.1) is 5.92 Å². The van der Waals surface area contributed by atoms with Gasteiger partial charge < -0.3 is 10.6 Å². The average Bonchev–Trinajstić information content (AvgIpc) is 2.46. The maximum absolute atomic E-state index is 6.15. The van der Waals surface area contributed by atoms with Crippen molar-refractivity contribution in [3.8, 4) is 0 Å². The molecule has 1 aromatic carbocycles. The van der Waals surface area contributed by atoms with Gasteiger partial charge >= 0.3 is 0 Å². The Bertz CT molecular complexity index is 432. The van der Waals surface area contributed by atoms with Gasteiger partial charge in [-0.1, -0.05) is 11.6 Å². The summed E-state index contributed by atoms with van der Waals surface area (Å²) in [5.74, 6) is 2.04. The van der Waals surface area contributed by atoms with E-state index in [2.05, 4.69) is 22.8 Å². The molecule has 2 N–H and O–H groups in total. The van der Waals surface area contributed by atoms with E-state index in [-0.39, 0.29) is 0 Å². The molecular weight excluding hydrogens is 276 g/mol. The molecule has 1 fully saturated rings. The molecule has 0 spiro atoms. The van der Waals surface area contributed by atoms with Crippen LogP contribution in [0.25, 0.3) is 0 Å². The van der Waals surface area contributed by atoms with Gasteiger partial charge in [0.05, 0.1) is 0 Å². The summed E-state index contributed by atoms with van der Waals surface area (Å²) < 4.78 is 0. The SMILES string of the molecule is Clc1ccc2c(c1)C(NCC1CCNCC1)CCS2. The second kappa shape index (κ2) is 6.49. The van der Waals surface area contributed by atoms with Crippen LogP contribution in [0.5, 0.6) is 0 Å². The summed E-state index contributed by atoms with van der Waals surface area (Å²) >= 11 is 8.10. The fourth-order valence-corrected chi connectivity index (χ4v) is 4.26. The van der Waals surface area contributed by atoms with E-state index >= 15 is 0 Å². The van der Waals surface area contributed by atoms with Crippen LogP contribution in [-0.4, -0.2) is 25.4 Å². The van der Waals surface area contributed by atoms with E-state index in [9.17, 15) is 0 Å². The van der Waals surface area contributed by atoms with Crippen LogP contribution >= 0.6 is 23.4 Å². The lowest BCUT2D eigenvalue weighted by molar-refractivity contribution is 0.337. The van der Waals surface area contributed by atoms with Crippen LogP contribution in [0.3, 0.4) is 0 Å². The number of piperidine rings is 1. The van der Waals surface area contributed by atoms with Gasteiger partial charge in [-0.25, -0.2) is 0 Å². The third kappa shape index (κ3) is 3.46. The average molecular weight is 297 g/mol. The van der Waals surface area contributed by atoms with E-state index in [1.54, 1.807) is 0 Å². The second-order valence-corrected chi connectivity index (χ2v) is 7.05. The molecule has 3 rings (SSSR count). The van der Waals surface area contributed by atoms with Crippen LogP contribution in [0.1, 0.15) is 30.9 Å². The molecule has 0 aromatic heterocycles. The Morgan fingerprint density at radius 2 is 2.11 bits per heavy atom. The first-order chi connectivity index (χ1) is 9.33. The van der Waals surface area contributed by atoms with E-state index < -0.39 is 0 Å². The Labute approximate surface area is 124 Å². The van der Waals surface area contributed by atoms with Gasteiger partial charge in [-0.05, 0) is 74.3 Å². The molecule has 2 aliphatic rings. The Balaban J connectivity index is 1.64. The minimum absolute atomic E-state index is 0.491. The third-order valence-corrected chi connectivity index (χ3v) is 5.48. The molecule has 2 nitrogen and oxygen atoms in total. The maximum atomic E-state index is 6.15. The first-order valence-electron chi connectivity index (χ1n) is 7.19. The predicted molar refractivity (Wildman–Crippen MR) is 83.1 cm³/mol. The highest BCUT2D eigenvalue weighted by Gasteiger charge is 2.22. The number of halogens is 1. The van der Waals surface area contributed by atoms with Crippen LogP contribution in [0.4, 0.5) is 0 Å². The molecule has 0 aliphatic carbocycles. The smallest absolute Gasteiger partial charge is 0.0410 e. The Morgan fingerprint density at radius 3 is 2.95 bits per heavy atom. The summed E-state index contributed by atoms with van der Waals surface area (Å²) in [5, 5.41) is 8.06. The molecule has 1 aromatic rings. The number of thioether (sulfide) groups is 1. The number of hydrogen-bond donors (Lipinski definition) is 2. The number of rotatable bonds is 3. The predicted octanol–water partition coefficient (Wildman–Crippen LogP) is 3.47. The lowest BCUT2D eigenvalue weighted by Gasteiger charge is -2.29. The minimum Gasteiger partial charge on any atom is -0.317 e. The zero-order valence-electron chi connectivity index (χ0n) is 11.1.